The summed E-state index contributed by atoms with van der Waals surface area (Å²) in [6.45, 7) is 5.20. The van der Waals surface area contributed by atoms with Crippen LogP contribution in [0.25, 0.3) is 0 Å². The van der Waals surface area contributed by atoms with Gasteiger partial charge in [-0.2, -0.15) is 5.10 Å². The van der Waals surface area contributed by atoms with Gasteiger partial charge in [-0.05, 0) is 25.5 Å². The third-order valence-electron chi connectivity index (χ3n) is 2.96. The topological polar surface area (TPSA) is 53.1 Å². The van der Waals surface area contributed by atoms with Gasteiger partial charge in [0, 0.05) is 22.8 Å². The van der Waals surface area contributed by atoms with Crippen molar-refractivity contribution in [3.05, 3.63) is 39.1 Å². The first-order valence-corrected chi connectivity index (χ1v) is 7.65. The van der Waals surface area contributed by atoms with Crippen LogP contribution in [0.1, 0.15) is 25.2 Å². The molecule has 0 aliphatic carbocycles. The second kappa shape index (κ2) is 6.50. The van der Waals surface area contributed by atoms with Crippen LogP contribution in [-0.2, 0) is 19.6 Å². The van der Waals surface area contributed by atoms with Crippen molar-refractivity contribution < 1.29 is 4.74 Å². The van der Waals surface area contributed by atoms with Gasteiger partial charge in [0.1, 0.15) is 12.4 Å². The number of aromatic nitrogens is 2. The summed E-state index contributed by atoms with van der Waals surface area (Å²) in [5.74, 6) is 0.704. The minimum atomic E-state index is 0.371. The molecule has 108 valence electrons. The Kier molecular flexibility index (Phi) is 4.94. The number of hydrogen-bond donors (Lipinski definition) is 1. The van der Waals surface area contributed by atoms with E-state index in [0.29, 0.717) is 23.1 Å². The van der Waals surface area contributed by atoms with Crippen molar-refractivity contribution in [2.24, 2.45) is 0 Å². The second-order valence-corrected chi connectivity index (χ2v) is 5.68. The molecule has 2 rings (SSSR count). The number of aryl methyl sites for hydroxylation is 2. The average Bonchev–Trinajstić information content (AvgIpc) is 2.71. The highest BCUT2D eigenvalue weighted by Crippen LogP contribution is 2.26. The number of rotatable bonds is 5. The van der Waals surface area contributed by atoms with Crippen LogP contribution in [-0.4, -0.2) is 9.78 Å². The lowest BCUT2D eigenvalue weighted by atomic mass is 10.3. The van der Waals surface area contributed by atoms with E-state index < -0.39 is 0 Å². The van der Waals surface area contributed by atoms with Crippen LogP contribution >= 0.6 is 27.5 Å². The van der Waals surface area contributed by atoms with E-state index in [2.05, 4.69) is 21.0 Å². The quantitative estimate of drug-likeness (QED) is 0.821. The van der Waals surface area contributed by atoms with Crippen molar-refractivity contribution >= 4 is 33.2 Å². The molecule has 0 fully saturated rings. The van der Waals surface area contributed by atoms with E-state index in [1.165, 1.54) is 0 Å². The fraction of sp³-hybridized carbons (Fsp3) is 0.357. The minimum absolute atomic E-state index is 0.371. The Balaban J connectivity index is 2.20. The van der Waals surface area contributed by atoms with Crippen molar-refractivity contribution in [2.75, 3.05) is 5.73 Å². The molecule has 1 aromatic carbocycles. The number of hydrogen-bond acceptors (Lipinski definition) is 3. The van der Waals surface area contributed by atoms with Gasteiger partial charge < -0.3 is 10.5 Å². The molecule has 2 aromatic rings. The average molecular weight is 359 g/mol. The lowest BCUT2D eigenvalue weighted by molar-refractivity contribution is 0.292. The lowest BCUT2D eigenvalue weighted by Gasteiger charge is -2.09. The molecule has 1 aromatic heterocycles. The van der Waals surface area contributed by atoms with E-state index in [9.17, 15) is 0 Å². The fourth-order valence-corrected chi connectivity index (χ4v) is 2.79. The maximum Gasteiger partial charge on any atom is 0.131 e. The van der Waals surface area contributed by atoms with Crippen LogP contribution in [0.5, 0.6) is 5.75 Å². The Morgan fingerprint density at radius 2 is 2.10 bits per heavy atom. The molecule has 20 heavy (non-hydrogen) atoms. The van der Waals surface area contributed by atoms with Crippen molar-refractivity contribution in [1.82, 2.24) is 9.78 Å². The number of ether oxygens (including phenoxy) is 1. The van der Waals surface area contributed by atoms with Crippen LogP contribution < -0.4 is 10.5 Å². The predicted molar refractivity (Wildman–Crippen MR) is 85.2 cm³/mol. The Labute approximate surface area is 132 Å². The molecule has 0 atom stereocenters. The van der Waals surface area contributed by atoms with E-state index in [1.807, 2.05) is 30.7 Å². The van der Waals surface area contributed by atoms with Crippen LogP contribution in [0.2, 0.25) is 5.02 Å². The van der Waals surface area contributed by atoms with E-state index >= 15 is 0 Å². The number of nitrogens with zero attached hydrogens (tertiary/aromatic N) is 2. The summed E-state index contributed by atoms with van der Waals surface area (Å²) in [7, 11) is 0. The van der Waals surface area contributed by atoms with Gasteiger partial charge in [0.05, 0.1) is 16.4 Å². The smallest absolute Gasteiger partial charge is 0.131 e. The lowest BCUT2D eigenvalue weighted by Crippen LogP contribution is -2.06. The number of nitrogens with two attached hydrogens (primary N) is 1. The molecule has 0 saturated heterocycles. The standard InChI is InChI=1S/C14H17BrClN3O/c1-3-12-14(16)13(19(4-2)18-12)8-20-11-6-9(15)5-10(17)7-11/h5-7H,3-4,8,17H2,1-2H3. The Bertz CT molecular complexity index is 592. The molecule has 4 nitrogen and oxygen atoms in total. The third kappa shape index (κ3) is 3.27. The van der Waals surface area contributed by atoms with Crippen molar-refractivity contribution in [3.63, 3.8) is 0 Å². The molecular weight excluding hydrogens is 342 g/mol. The van der Waals surface area contributed by atoms with Gasteiger partial charge in [0.2, 0.25) is 0 Å². The summed E-state index contributed by atoms with van der Waals surface area (Å²) in [5, 5.41) is 5.16. The van der Waals surface area contributed by atoms with Crippen molar-refractivity contribution in [3.8, 4) is 5.75 Å². The summed E-state index contributed by atoms with van der Waals surface area (Å²) in [5.41, 5.74) is 8.23. The first-order valence-electron chi connectivity index (χ1n) is 6.48. The van der Waals surface area contributed by atoms with Gasteiger partial charge in [-0.15, -0.1) is 0 Å². The Morgan fingerprint density at radius 3 is 2.70 bits per heavy atom. The van der Waals surface area contributed by atoms with Gasteiger partial charge in [-0.3, -0.25) is 4.68 Å². The summed E-state index contributed by atoms with van der Waals surface area (Å²) in [6, 6.07) is 5.48. The highest BCUT2D eigenvalue weighted by molar-refractivity contribution is 9.10. The van der Waals surface area contributed by atoms with Crippen LogP contribution in [0.3, 0.4) is 0 Å². The Hall–Kier alpha value is -1.20. The maximum absolute atomic E-state index is 6.34. The molecule has 0 amide bonds. The first kappa shape index (κ1) is 15.2. The molecule has 0 saturated carbocycles. The van der Waals surface area contributed by atoms with Crippen LogP contribution in [0.15, 0.2) is 22.7 Å². The van der Waals surface area contributed by atoms with Crippen LogP contribution in [0.4, 0.5) is 5.69 Å². The number of halogens is 2. The van der Waals surface area contributed by atoms with Crippen molar-refractivity contribution in [2.45, 2.75) is 33.4 Å². The van der Waals surface area contributed by atoms with Gasteiger partial charge in [-0.25, -0.2) is 0 Å². The Morgan fingerprint density at radius 1 is 1.35 bits per heavy atom. The van der Waals surface area contributed by atoms with Crippen molar-refractivity contribution in [1.29, 1.82) is 0 Å². The van der Waals surface area contributed by atoms with Gasteiger partial charge in [0.25, 0.3) is 0 Å². The summed E-state index contributed by atoms with van der Waals surface area (Å²) in [6.07, 6.45) is 0.808. The molecule has 1 heterocycles. The molecular formula is C14H17BrClN3O. The minimum Gasteiger partial charge on any atom is -0.487 e. The largest absolute Gasteiger partial charge is 0.487 e. The molecule has 0 spiro atoms. The highest BCUT2D eigenvalue weighted by atomic mass is 79.9. The zero-order valence-corrected chi connectivity index (χ0v) is 13.8. The second-order valence-electron chi connectivity index (χ2n) is 4.39. The SMILES string of the molecule is CCc1nn(CC)c(COc2cc(N)cc(Br)c2)c1Cl. The fourth-order valence-electron chi connectivity index (χ4n) is 1.97. The third-order valence-corrected chi connectivity index (χ3v) is 3.86. The molecule has 0 radical (unpaired) electrons. The van der Waals surface area contributed by atoms with Gasteiger partial charge in [0.15, 0.2) is 0 Å². The van der Waals surface area contributed by atoms with Crippen LogP contribution in [0, 0.1) is 0 Å². The molecule has 0 aliphatic rings. The number of anilines is 1. The van der Waals surface area contributed by atoms with E-state index in [4.69, 9.17) is 22.1 Å². The van der Waals surface area contributed by atoms with E-state index in [0.717, 1.165) is 28.8 Å². The predicted octanol–water partition coefficient (Wildman–Crippen LogP) is 4.04. The summed E-state index contributed by atoms with van der Waals surface area (Å²) in [4.78, 5) is 0. The summed E-state index contributed by atoms with van der Waals surface area (Å²) >= 11 is 9.73. The highest BCUT2D eigenvalue weighted by Gasteiger charge is 2.14. The monoisotopic (exact) mass is 357 g/mol. The molecule has 2 N–H and O–H groups in total. The summed E-state index contributed by atoms with van der Waals surface area (Å²) < 4.78 is 8.54. The van der Waals surface area contributed by atoms with E-state index in [1.54, 1.807) is 6.07 Å². The molecule has 0 aliphatic heterocycles. The molecule has 6 heteroatoms. The van der Waals surface area contributed by atoms with E-state index in [-0.39, 0.29) is 0 Å². The molecule has 0 bridgehead atoms. The maximum atomic E-state index is 6.34. The normalized spacial score (nSPS) is 10.8. The molecule has 0 unspecified atom stereocenters. The zero-order valence-electron chi connectivity index (χ0n) is 11.5. The first-order chi connectivity index (χ1) is 9.55. The number of benzene rings is 1. The van der Waals surface area contributed by atoms with Gasteiger partial charge in [-0.1, -0.05) is 34.5 Å². The van der Waals surface area contributed by atoms with Gasteiger partial charge >= 0.3 is 0 Å². The zero-order chi connectivity index (χ0) is 14.7. The number of nitrogen functional groups attached to an aromatic ring is 1.